The minimum absolute atomic E-state index is 0.0237. The van der Waals surface area contributed by atoms with E-state index in [0.29, 0.717) is 12.5 Å². The van der Waals surface area contributed by atoms with Crippen LogP contribution >= 0.6 is 0 Å². The largest absolute Gasteiger partial charge is 0.379 e. The van der Waals surface area contributed by atoms with Gasteiger partial charge in [-0.15, -0.1) is 0 Å². The Morgan fingerprint density at radius 2 is 2.27 bits per heavy atom. The second kappa shape index (κ2) is 4.49. The third-order valence-electron chi connectivity index (χ3n) is 3.60. The molecule has 0 radical (unpaired) electrons. The van der Waals surface area contributed by atoms with Gasteiger partial charge in [0.25, 0.3) is 0 Å². The smallest absolute Gasteiger partial charge is 0.240 e. The normalized spacial score (nSPS) is 35.7. The van der Waals surface area contributed by atoms with Crippen LogP contribution in [0, 0.1) is 5.92 Å². The van der Waals surface area contributed by atoms with Crippen LogP contribution in [0.5, 0.6) is 0 Å². The van der Waals surface area contributed by atoms with E-state index in [9.17, 15) is 4.79 Å². The van der Waals surface area contributed by atoms with Crippen molar-refractivity contribution in [2.45, 2.75) is 31.8 Å². The van der Waals surface area contributed by atoms with Gasteiger partial charge in [-0.25, -0.2) is 0 Å². The SMILES string of the molecule is CC1CCNC1C(=O)N(C)C1CCOC1. The van der Waals surface area contributed by atoms with Gasteiger partial charge in [-0.05, 0) is 25.3 Å². The second-order valence-corrected chi connectivity index (χ2v) is 4.66. The van der Waals surface area contributed by atoms with E-state index in [2.05, 4.69) is 12.2 Å². The van der Waals surface area contributed by atoms with Gasteiger partial charge in [0.15, 0.2) is 0 Å². The summed E-state index contributed by atoms with van der Waals surface area (Å²) < 4.78 is 5.30. The Morgan fingerprint density at radius 3 is 2.80 bits per heavy atom. The molecule has 2 aliphatic heterocycles. The van der Waals surface area contributed by atoms with Crippen molar-refractivity contribution in [3.63, 3.8) is 0 Å². The standard InChI is InChI=1S/C11H20N2O2/c1-8-3-5-12-10(8)11(14)13(2)9-4-6-15-7-9/h8-10,12H,3-7H2,1-2H3. The quantitative estimate of drug-likeness (QED) is 0.712. The lowest BCUT2D eigenvalue weighted by Gasteiger charge is -2.27. The molecule has 3 unspecified atom stereocenters. The topological polar surface area (TPSA) is 41.6 Å². The van der Waals surface area contributed by atoms with E-state index in [0.717, 1.165) is 26.0 Å². The molecule has 3 atom stereocenters. The van der Waals surface area contributed by atoms with Gasteiger partial charge in [-0.2, -0.15) is 0 Å². The van der Waals surface area contributed by atoms with Crippen molar-refractivity contribution >= 4 is 5.91 Å². The molecule has 2 rings (SSSR count). The van der Waals surface area contributed by atoms with Crippen LogP contribution in [0.3, 0.4) is 0 Å². The maximum atomic E-state index is 12.2. The average Bonchev–Trinajstić information content (AvgIpc) is 2.85. The van der Waals surface area contributed by atoms with Crippen LogP contribution in [0.1, 0.15) is 19.8 Å². The van der Waals surface area contributed by atoms with Gasteiger partial charge in [0.2, 0.25) is 5.91 Å². The first-order valence-electron chi connectivity index (χ1n) is 5.78. The average molecular weight is 212 g/mol. The number of rotatable bonds is 2. The Kier molecular flexibility index (Phi) is 3.26. The molecule has 1 N–H and O–H groups in total. The fourth-order valence-corrected chi connectivity index (χ4v) is 2.39. The first-order chi connectivity index (χ1) is 7.20. The zero-order chi connectivity index (χ0) is 10.8. The van der Waals surface area contributed by atoms with Crippen molar-refractivity contribution < 1.29 is 9.53 Å². The lowest BCUT2D eigenvalue weighted by atomic mass is 10.0. The molecule has 86 valence electrons. The Bertz CT molecular complexity index is 239. The fourth-order valence-electron chi connectivity index (χ4n) is 2.39. The van der Waals surface area contributed by atoms with Crippen molar-refractivity contribution in [1.82, 2.24) is 10.2 Å². The van der Waals surface area contributed by atoms with Gasteiger partial charge in [-0.3, -0.25) is 4.79 Å². The van der Waals surface area contributed by atoms with E-state index < -0.39 is 0 Å². The summed E-state index contributed by atoms with van der Waals surface area (Å²) in [6.45, 7) is 4.59. The second-order valence-electron chi connectivity index (χ2n) is 4.66. The molecule has 1 amide bonds. The molecule has 0 bridgehead atoms. The number of nitrogens with one attached hydrogen (secondary N) is 1. The first-order valence-corrected chi connectivity index (χ1v) is 5.78. The lowest BCUT2D eigenvalue weighted by Crippen LogP contribution is -2.48. The van der Waals surface area contributed by atoms with E-state index in [1.165, 1.54) is 0 Å². The van der Waals surface area contributed by atoms with E-state index in [-0.39, 0.29) is 18.0 Å². The van der Waals surface area contributed by atoms with Gasteiger partial charge in [0.1, 0.15) is 0 Å². The maximum absolute atomic E-state index is 12.2. The summed E-state index contributed by atoms with van der Waals surface area (Å²) in [6.07, 6.45) is 2.08. The molecule has 0 aromatic carbocycles. The highest BCUT2D eigenvalue weighted by atomic mass is 16.5. The number of hydrogen-bond donors (Lipinski definition) is 1. The highest BCUT2D eigenvalue weighted by Crippen LogP contribution is 2.19. The highest BCUT2D eigenvalue weighted by molar-refractivity contribution is 5.82. The molecule has 4 nitrogen and oxygen atoms in total. The molecule has 2 aliphatic rings. The van der Waals surface area contributed by atoms with Gasteiger partial charge in [0, 0.05) is 13.7 Å². The molecule has 2 fully saturated rings. The molecule has 0 aliphatic carbocycles. The van der Waals surface area contributed by atoms with Crippen molar-refractivity contribution in [1.29, 1.82) is 0 Å². The lowest BCUT2D eigenvalue weighted by molar-refractivity contribution is -0.134. The number of likely N-dealkylation sites (N-methyl/N-ethyl adjacent to an activating group) is 1. The van der Waals surface area contributed by atoms with Crippen LogP contribution in [-0.4, -0.2) is 49.7 Å². The Hall–Kier alpha value is -0.610. The van der Waals surface area contributed by atoms with Gasteiger partial charge >= 0.3 is 0 Å². The summed E-state index contributed by atoms with van der Waals surface area (Å²) in [7, 11) is 1.90. The third kappa shape index (κ3) is 2.16. The van der Waals surface area contributed by atoms with Crippen molar-refractivity contribution in [3.8, 4) is 0 Å². The summed E-state index contributed by atoms with van der Waals surface area (Å²) in [5.41, 5.74) is 0. The number of amides is 1. The molecule has 15 heavy (non-hydrogen) atoms. The monoisotopic (exact) mass is 212 g/mol. The summed E-state index contributed by atoms with van der Waals surface area (Å²) in [5.74, 6) is 0.692. The molecule has 2 saturated heterocycles. The van der Waals surface area contributed by atoms with Gasteiger partial charge < -0.3 is 15.0 Å². The third-order valence-corrected chi connectivity index (χ3v) is 3.60. The van der Waals surface area contributed by atoms with Crippen LogP contribution in [-0.2, 0) is 9.53 Å². The molecular formula is C11H20N2O2. The molecule has 0 aromatic heterocycles. The fraction of sp³-hybridized carbons (Fsp3) is 0.909. The van der Waals surface area contributed by atoms with E-state index in [4.69, 9.17) is 4.74 Å². The summed E-state index contributed by atoms with van der Waals surface area (Å²) >= 11 is 0. The van der Waals surface area contributed by atoms with Crippen LogP contribution in [0.15, 0.2) is 0 Å². The molecule has 0 saturated carbocycles. The zero-order valence-electron chi connectivity index (χ0n) is 9.53. The van der Waals surface area contributed by atoms with Gasteiger partial charge in [-0.1, -0.05) is 6.92 Å². The van der Waals surface area contributed by atoms with E-state index >= 15 is 0 Å². The Morgan fingerprint density at radius 1 is 1.47 bits per heavy atom. The number of hydrogen-bond acceptors (Lipinski definition) is 3. The predicted molar refractivity (Wildman–Crippen MR) is 57.6 cm³/mol. The summed E-state index contributed by atoms with van der Waals surface area (Å²) in [6, 6.07) is 0.308. The summed E-state index contributed by atoms with van der Waals surface area (Å²) in [4.78, 5) is 14.0. The number of nitrogens with zero attached hydrogens (tertiary/aromatic N) is 1. The zero-order valence-corrected chi connectivity index (χ0v) is 9.53. The first kappa shape index (κ1) is 10.9. The van der Waals surface area contributed by atoms with Crippen molar-refractivity contribution in [3.05, 3.63) is 0 Å². The predicted octanol–water partition coefficient (Wildman–Crippen LogP) is 0.232. The molecule has 0 spiro atoms. The van der Waals surface area contributed by atoms with Crippen molar-refractivity contribution in [2.75, 3.05) is 26.8 Å². The minimum Gasteiger partial charge on any atom is -0.379 e. The molecule has 2 heterocycles. The minimum atomic E-state index is 0.0237. The van der Waals surface area contributed by atoms with E-state index in [1.807, 2.05) is 11.9 Å². The number of ether oxygens (including phenoxy) is 1. The van der Waals surface area contributed by atoms with Crippen LogP contribution in [0.25, 0.3) is 0 Å². The van der Waals surface area contributed by atoms with Crippen LogP contribution in [0.4, 0.5) is 0 Å². The highest BCUT2D eigenvalue weighted by Gasteiger charge is 2.34. The van der Waals surface area contributed by atoms with Crippen LogP contribution in [0.2, 0.25) is 0 Å². The maximum Gasteiger partial charge on any atom is 0.240 e. The van der Waals surface area contributed by atoms with Crippen LogP contribution < -0.4 is 5.32 Å². The molecule has 0 aromatic rings. The Balaban J connectivity index is 1.94. The van der Waals surface area contributed by atoms with E-state index in [1.54, 1.807) is 0 Å². The summed E-state index contributed by atoms with van der Waals surface area (Å²) in [5, 5.41) is 3.28. The number of carbonyl (C=O) groups excluding carboxylic acids is 1. The van der Waals surface area contributed by atoms with Gasteiger partial charge in [0.05, 0.1) is 18.7 Å². The Labute approximate surface area is 91.0 Å². The molecule has 4 heteroatoms. The molecular weight excluding hydrogens is 192 g/mol. The number of carbonyl (C=O) groups is 1. The van der Waals surface area contributed by atoms with Crippen molar-refractivity contribution in [2.24, 2.45) is 5.92 Å².